The smallest absolute Gasteiger partial charge is 0.330 e. The van der Waals surface area contributed by atoms with Gasteiger partial charge in [-0.05, 0) is 6.26 Å². The molecule has 0 aromatic carbocycles. The first-order valence-corrected chi connectivity index (χ1v) is 5.12. The van der Waals surface area contributed by atoms with Crippen molar-refractivity contribution in [1.82, 2.24) is 4.90 Å². The molecule has 0 fully saturated rings. The molecule has 5 heteroatoms. The molecule has 0 saturated heterocycles. The molecule has 0 aromatic rings. The molecule has 0 spiro atoms. The van der Waals surface area contributed by atoms with Crippen molar-refractivity contribution in [3.63, 3.8) is 0 Å². The quantitative estimate of drug-likeness (QED) is 0.682. The Bertz CT molecular complexity index is 196. The van der Waals surface area contributed by atoms with Crippen LogP contribution in [0.3, 0.4) is 0 Å². The van der Waals surface area contributed by atoms with Crippen molar-refractivity contribution in [3.05, 3.63) is 0 Å². The number of aliphatic carboxylic acids is 1. The summed E-state index contributed by atoms with van der Waals surface area (Å²) in [4.78, 5) is 16.3. The summed E-state index contributed by atoms with van der Waals surface area (Å²) in [5, 5.41) is 8.61. The molecule has 1 atom stereocenters. The van der Waals surface area contributed by atoms with Crippen molar-refractivity contribution in [2.45, 2.75) is 6.04 Å². The van der Waals surface area contributed by atoms with Gasteiger partial charge in [0.2, 0.25) is 0 Å². The molecule has 0 aliphatic carbocycles. The second kappa shape index (κ2) is 4.35. The predicted molar refractivity (Wildman–Crippen MR) is 49.9 cm³/mol. The van der Waals surface area contributed by atoms with Gasteiger partial charge in [0.05, 0.1) is 12.9 Å². The van der Waals surface area contributed by atoms with Gasteiger partial charge in [-0.1, -0.05) is 0 Å². The average Bonchev–Trinajstić information content (AvgIpc) is 2.48. The lowest BCUT2D eigenvalue weighted by atomic mass is 10.3. The minimum Gasteiger partial charge on any atom is -0.480 e. The van der Waals surface area contributed by atoms with Crippen molar-refractivity contribution >= 4 is 24.1 Å². The maximum Gasteiger partial charge on any atom is 0.330 e. The fraction of sp³-hybridized carbons (Fsp3) is 0.714. The van der Waals surface area contributed by atoms with Crippen LogP contribution in [0, 0.1) is 0 Å². The van der Waals surface area contributed by atoms with Gasteiger partial charge in [-0.15, -0.1) is 0 Å². The van der Waals surface area contributed by atoms with Crippen LogP contribution in [0.25, 0.3) is 0 Å². The Hall–Kier alpha value is -0.710. The van der Waals surface area contributed by atoms with Crippen LogP contribution in [-0.2, 0) is 4.79 Å². The monoisotopic (exact) mass is 188 g/mol. The Kier molecular flexibility index (Phi) is 3.40. The fourth-order valence-corrected chi connectivity index (χ4v) is 1.41. The highest BCUT2D eigenvalue weighted by Gasteiger charge is 2.22. The molecule has 0 saturated carbocycles. The van der Waals surface area contributed by atoms with Gasteiger partial charge in [0.15, 0.2) is 6.04 Å². The Balaban J connectivity index is 2.27. The van der Waals surface area contributed by atoms with E-state index < -0.39 is 12.0 Å². The number of rotatable bonds is 4. The average molecular weight is 188 g/mol. The number of nitrogens with zero attached hydrogens (tertiary/aromatic N) is 2. The maximum absolute atomic E-state index is 10.5. The summed E-state index contributed by atoms with van der Waals surface area (Å²) in [5.41, 5.74) is 0. The van der Waals surface area contributed by atoms with Crippen LogP contribution >= 0.6 is 11.8 Å². The third-order valence-electron chi connectivity index (χ3n) is 1.69. The molecular formula is C7H12N2O2S. The van der Waals surface area contributed by atoms with Crippen LogP contribution in [0.2, 0.25) is 0 Å². The van der Waals surface area contributed by atoms with Crippen LogP contribution in [-0.4, -0.2) is 53.5 Å². The summed E-state index contributed by atoms with van der Waals surface area (Å²) in [6, 6.07) is -0.549. The normalized spacial score (nSPS) is 21.8. The van der Waals surface area contributed by atoms with E-state index in [0.717, 1.165) is 12.3 Å². The predicted octanol–water partition coefficient (Wildman–Crippen LogP) is 0.146. The molecule has 0 amide bonds. The van der Waals surface area contributed by atoms with Crippen LogP contribution in [0.4, 0.5) is 0 Å². The second-order valence-corrected chi connectivity index (χ2v) is 3.59. The summed E-state index contributed by atoms with van der Waals surface area (Å²) < 4.78 is 0. The van der Waals surface area contributed by atoms with E-state index in [1.54, 1.807) is 18.1 Å². The number of carboxylic acids is 1. The zero-order valence-corrected chi connectivity index (χ0v) is 7.75. The van der Waals surface area contributed by atoms with Gasteiger partial charge >= 0.3 is 5.97 Å². The molecule has 1 aliphatic rings. The highest BCUT2D eigenvalue weighted by molar-refractivity contribution is 7.98. The SMILES string of the molecule is CSCCN1C=NC(C(=O)O)C1. The zero-order chi connectivity index (χ0) is 8.97. The summed E-state index contributed by atoms with van der Waals surface area (Å²) in [6.07, 6.45) is 3.66. The van der Waals surface area contributed by atoms with Crippen molar-refractivity contribution in [1.29, 1.82) is 0 Å². The lowest BCUT2D eigenvalue weighted by Crippen LogP contribution is -2.29. The molecule has 1 rings (SSSR count). The lowest BCUT2D eigenvalue weighted by Gasteiger charge is -2.13. The van der Waals surface area contributed by atoms with Gasteiger partial charge in [0.1, 0.15) is 0 Å². The number of aliphatic imine (C=N–C) groups is 1. The summed E-state index contributed by atoms with van der Waals surface area (Å²) in [5.74, 6) is 0.177. The maximum atomic E-state index is 10.5. The largest absolute Gasteiger partial charge is 0.480 e. The number of hydrogen-bond acceptors (Lipinski definition) is 4. The third-order valence-corrected chi connectivity index (χ3v) is 2.28. The highest BCUT2D eigenvalue weighted by Crippen LogP contribution is 2.04. The van der Waals surface area contributed by atoms with Crippen LogP contribution in [0.15, 0.2) is 4.99 Å². The molecule has 1 heterocycles. The van der Waals surface area contributed by atoms with E-state index in [0.29, 0.717) is 6.54 Å². The minimum atomic E-state index is -0.835. The number of carbonyl (C=O) groups is 1. The lowest BCUT2D eigenvalue weighted by molar-refractivity contribution is -0.138. The molecule has 4 nitrogen and oxygen atoms in total. The zero-order valence-electron chi connectivity index (χ0n) is 6.93. The fourth-order valence-electron chi connectivity index (χ4n) is 0.991. The van der Waals surface area contributed by atoms with Gasteiger partial charge in [-0.25, -0.2) is 4.79 Å². The Morgan fingerprint density at radius 3 is 3.17 bits per heavy atom. The van der Waals surface area contributed by atoms with Crippen molar-refractivity contribution in [3.8, 4) is 0 Å². The van der Waals surface area contributed by atoms with Gasteiger partial charge in [0.25, 0.3) is 0 Å². The summed E-state index contributed by atoms with van der Waals surface area (Å²) in [7, 11) is 0. The summed E-state index contributed by atoms with van der Waals surface area (Å²) in [6.45, 7) is 1.41. The van der Waals surface area contributed by atoms with E-state index in [4.69, 9.17) is 5.11 Å². The molecule has 0 aromatic heterocycles. The van der Waals surface area contributed by atoms with E-state index >= 15 is 0 Å². The second-order valence-electron chi connectivity index (χ2n) is 2.61. The number of thioether (sulfide) groups is 1. The van der Waals surface area contributed by atoms with E-state index in [1.165, 1.54) is 0 Å². The van der Waals surface area contributed by atoms with Gasteiger partial charge in [-0.3, -0.25) is 4.99 Å². The Labute approximate surface area is 75.7 Å². The number of hydrogen-bond donors (Lipinski definition) is 1. The Morgan fingerprint density at radius 2 is 2.67 bits per heavy atom. The van der Waals surface area contributed by atoms with Gasteiger partial charge in [0, 0.05) is 12.3 Å². The molecular weight excluding hydrogens is 176 g/mol. The van der Waals surface area contributed by atoms with Crippen LogP contribution in [0.5, 0.6) is 0 Å². The molecule has 0 radical (unpaired) electrons. The van der Waals surface area contributed by atoms with E-state index in [2.05, 4.69) is 4.99 Å². The van der Waals surface area contributed by atoms with E-state index in [1.807, 2.05) is 11.2 Å². The first-order chi connectivity index (χ1) is 5.74. The molecule has 68 valence electrons. The molecule has 12 heavy (non-hydrogen) atoms. The molecule has 1 N–H and O–H groups in total. The molecule has 1 unspecified atom stereocenters. The highest BCUT2D eigenvalue weighted by atomic mass is 32.2. The summed E-state index contributed by atoms with van der Waals surface area (Å²) >= 11 is 1.75. The van der Waals surface area contributed by atoms with Gasteiger partial charge in [-0.2, -0.15) is 11.8 Å². The molecule has 1 aliphatic heterocycles. The third kappa shape index (κ3) is 2.41. The van der Waals surface area contributed by atoms with Crippen LogP contribution < -0.4 is 0 Å². The van der Waals surface area contributed by atoms with Crippen molar-refractivity contribution in [2.24, 2.45) is 4.99 Å². The van der Waals surface area contributed by atoms with E-state index in [-0.39, 0.29) is 0 Å². The topological polar surface area (TPSA) is 52.9 Å². The van der Waals surface area contributed by atoms with Crippen molar-refractivity contribution < 1.29 is 9.90 Å². The standard InChI is InChI=1S/C7H12N2O2S/c1-12-3-2-9-4-6(7(10)11)8-5-9/h5-6H,2-4H2,1H3,(H,10,11). The van der Waals surface area contributed by atoms with Crippen molar-refractivity contribution in [2.75, 3.05) is 25.1 Å². The Morgan fingerprint density at radius 1 is 1.92 bits per heavy atom. The minimum absolute atomic E-state index is 0.524. The van der Waals surface area contributed by atoms with Crippen LogP contribution in [0.1, 0.15) is 0 Å². The molecule has 0 bridgehead atoms. The van der Waals surface area contributed by atoms with E-state index in [9.17, 15) is 4.79 Å². The first-order valence-electron chi connectivity index (χ1n) is 3.73. The number of carboxylic acid groups (broad SMARTS) is 1. The van der Waals surface area contributed by atoms with Gasteiger partial charge < -0.3 is 10.0 Å². The first kappa shape index (κ1) is 9.38.